The lowest BCUT2D eigenvalue weighted by atomic mass is 10.1. The summed E-state index contributed by atoms with van der Waals surface area (Å²) in [6.45, 7) is 6.36. The summed E-state index contributed by atoms with van der Waals surface area (Å²) < 4.78 is 0. The molecule has 0 aromatic carbocycles. The van der Waals surface area contributed by atoms with Gasteiger partial charge in [0.05, 0.1) is 19.3 Å². The number of carbonyl (C=O) groups excluding carboxylic acids is 2. The van der Waals surface area contributed by atoms with Crippen molar-refractivity contribution >= 4 is 11.9 Å². The van der Waals surface area contributed by atoms with Crippen molar-refractivity contribution in [2.75, 3.05) is 32.8 Å². The first-order valence-corrected chi connectivity index (χ1v) is 6.87. The van der Waals surface area contributed by atoms with Crippen molar-refractivity contribution in [2.24, 2.45) is 0 Å². The van der Waals surface area contributed by atoms with Gasteiger partial charge in [0.2, 0.25) is 5.91 Å². The molecule has 1 unspecified atom stereocenters. The molecule has 116 valence electrons. The van der Waals surface area contributed by atoms with Gasteiger partial charge in [-0.15, -0.1) is 0 Å². The van der Waals surface area contributed by atoms with Crippen LogP contribution in [0.5, 0.6) is 0 Å². The van der Waals surface area contributed by atoms with E-state index in [0.717, 1.165) is 0 Å². The van der Waals surface area contributed by atoms with E-state index < -0.39 is 0 Å². The molecule has 1 aliphatic rings. The number of aliphatic hydroxyl groups is 2. The third kappa shape index (κ3) is 4.35. The lowest BCUT2D eigenvalue weighted by Gasteiger charge is -2.32. The highest BCUT2D eigenvalue weighted by Crippen LogP contribution is 2.21. The van der Waals surface area contributed by atoms with E-state index in [2.05, 4.69) is 5.32 Å². The molecule has 7 nitrogen and oxygen atoms in total. The molecule has 7 heteroatoms. The Kier molecular flexibility index (Phi) is 5.76. The van der Waals surface area contributed by atoms with Gasteiger partial charge in [-0.1, -0.05) is 0 Å². The first kappa shape index (κ1) is 16.7. The van der Waals surface area contributed by atoms with Crippen LogP contribution < -0.4 is 5.32 Å². The van der Waals surface area contributed by atoms with Gasteiger partial charge in [-0.25, -0.2) is 4.79 Å². The number of aliphatic hydroxyl groups excluding tert-OH is 2. The minimum atomic E-state index is -0.360. The van der Waals surface area contributed by atoms with Gasteiger partial charge in [0.15, 0.2) is 0 Å². The second kappa shape index (κ2) is 6.90. The number of rotatable bonds is 5. The maximum absolute atomic E-state index is 12.0. The van der Waals surface area contributed by atoms with Gasteiger partial charge < -0.3 is 25.3 Å². The number of amides is 3. The molecule has 0 aliphatic carbocycles. The van der Waals surface area contributed by atoms with E-state index in [1.807, 2.05) is 20.8 Å². The van der Waals surface area contributed by atoms with Crippen molar-refractivity contribution in [3.8, 4) is 0 Å². The van der Waals surface area contributed by atoms with Gasteiger partial charge in [0, 0.05) is 31.6 Å². The normalized spacial score (nSPS) is 19.4. The van der Waals surface area contributed by atoms with Gasteiger partial charge in [0.25, 0.3) is 0 Å². The van der Waals surface area contributed by atoms with Gasteiger partial charge in [-0.3, -0.25) is 4.79 Å². The molecule has 3 N–H and O–H groups in total. The molecule has 0 bridgehead atoms. The van der Waals surface area contributed by atoms with Crippen LogP contribution in [0.1, 0.15) is 27.2 Å². The van der Waals surface area contributed by atoms with E-state index in [1.54, 1.807) is 4.90 Å². The molecule has 0 aromatic rings. The average Bonchev–Trinajstić information content (AvgIpc) is 2.69. The van der Waals surface area contributed by atoms with Crippen molar-refractivity contribution in [3.63, 3.8) is 0 Å². The molecule has 0 aromatic heterocycles. The second-order valence-corrected chi connectivity index (χ2v) is 5.96. The Labute approximate surface area is 119 Å². The van der Waals surface area contributed by atoms with Crippen LogP contribution >= 0.6 is 0 Å². The molecule has 1 aliphatic heterocycles. The zero-order chi connectivity index (χ0) is 15.3. The fraction of sp³-hybridized carbons (Fsp3) is 0.846. The summed E-state index contributed by atoms with van der Waals surface area (Å²) in [5, 5.41) is 20.6. The first-order valence-electron chi connectivity index (χ1n) is 6.87. The molecular formula is C13H25N3O4. The van der Waals surface area contributed by atoms with Crippen LogP contribution in [-0.2, 0) is 4.79 Å². The fourth-order valence-electron chi connectivity index (χ4n) is 2.27. The van der Waals surface area contributed by atoms with Crippen molar-refractivity contribution in [1.29, 1.82) is 0 Å². The molecule has 1 rings (SSSR count). The maximum Gasteiger partial charge on any atom is 0.317 e. The largest absolute Gasteiger partial charge is 0.395 e. The van der Waals surface area contributed by atoms with Crippen molar-refractivity contribution in [2.45, 2.75) is 38.8 Å². The number of hydrogen-bond donors (Lipinski definition) is 3. The quantitative estimate of drug-likeness (QED) is 0.628. The molecule has 0 radical (unpaired) electrons. The summed E-state index contributed by atoms with van der Waals surface area (Å²) in [5.41, 5.74) is -0.257. The Hall–Kier alpha value is -1.34. The van der Waals surface area contributed by atoms with Crippen LogP contribution in [0.15, 0.2) is 0 Å². The smallest absolute Gasteiger partial charge is 0.317 e. The van der Waals surface area contributed by atoms with E-state index in [-0.39, 0.29) is 56.2 Å². The second-order valence-electron chi connectivity index (χ2n) is 5.96. The minimum Gasteiger partial charge on any atom is -0.395 e. The molecule has 20 heavy (non-hydrogen) atoms. The van der Waals surface area contributed by atoms with Crippen molar-refractivity contribution in [3.05, 3.63) is 0 Å². The zero-order valence-electron chi connectivity index (χ0n) is 12.4. The van der Waals surface area contributed by atoms with E-state index in [9.17, 15) is 9.59 Å². The fourth-order valence-corrected chi connectivity index (χ4v) is 2.27. The summed E-state index contributed by atoms with van der Waals surface area (Å²) in [6, 6.07) is -0.587. The van der Waals surface area contributed by atoms with E-state index in [0.29, 0.717) is 6.54 Å². The zero-order valence-corrected chi connectivity index (χ0v) is 12.4. The first-order chi connectivity index (χ1) is 9.29. The summed E-state index contributed by atoms with van der Waals surface area (Å²) in [5.74, 6) is 0.0265. The topological polar surface area (TPSA) is 93.1 Å². The van der Waals surface area contributed by atoms with Gasteiger partial charge in [-0.2, -0.15) is 0 Å². The molecule has 1 fully saturated rings. The third-order valence-electron chi connectivity index (χ3n) is 3.29. The van der Waals surface area contributed by atoms with Crippen LogP contribution in [0.4, 0.5) is 4.79 Å². The number of hydrogen-bond acceptors (Lipinski definition) is 4. The van der Waals surface area contributed by atoms with E-state index >= 15 is 0 Å². The highest BCUT2D eigenvalue weighted by atomic mass is 16.3. The molecule has 1 saturated heterocycles. The number of carbonyl (C=O) groups is 2. The highest BCUT2D eigenvalue weighted by molar-refractivity contribution is 5.82. The summed E-state index contributed by atoms with van der Waals surface area (Å²) in [4.78, 5) is 27.0. The van der Waals surface area contributed by atoms with E-state index in [4.69, 9.17) is 10.2 Å². The highest BCUT2D eigenvalue weighted by Gasteiger charge is 2.37. The van der Waals surface area contributed by atoms with Crippen LogP contribution in [0, 0.1) is 0 Å². The van der Waals surface area contributed by atoms with Crippen LogP contribution in [0.2, 0.25) is 0 Å². The third-order valence-corrected chi connectivity index (χ3v) is 3.29. The molecule has 3 amide bonds. The van der Waals surface area contributed by atoms with Gasteiger partial charge in [-0.05, 0) is 20.8 Å². The molecule has 1 atom stereocenters. The Bertz CT molecular complexity index is 348. The summed E-state index contributed by atoms with van der Waals surface area (Å²) in [7, 11) is 0. The summed E-state index contributed by atoms with van der Waals surface area (Å²) in [6.07, 6.45) is 0.287. The Morgan fingerprint density at radius 3 is 2.30 bits per heavy atom. The van der Waals surface area contributed by atoms with Gasteiger partial charge in [0.1, 0.15) is 0 Å². The van der Waals surface area contributed by atoms with Crippen molar-refractivity contribution < 1.29 is 19.8 Å². The predicted molar refractivity (Wildman–Crippen MR) is 74.1 cm³/mol. The number of nitrogens with zero attached hydrogens (tertiary/aromatic N) is 2. The lowest BCUT2D eigenvalue weighted by Crippen LogP contribution is -2.49. The maximum atomic E-state index is 12.0. The number of likely N-dealkylation sites (tertiary alicyclic amines) is 1. The lowest BCUT2D eigenvalue weighted by molar-refractivity contribution is -0.131. The van der Waals surface area contributed by atoms with Crippen LogP contribution in [0.25, 0.3) is 0 Å². The monoisotopic (exact) mass is 287 g/mol. The Morgan fingerprint density at radius 1 is 1.35 bits per heavy atom. The molecule has 1 heterocycles. The van der Waals surface area contributed by atoms with Gasteiger partial charge >= 0.3 is 6.03 Å². The SMILES string of the molecule is CC(C)(C)N1CC(NC(=O)N(CCO)CCO)CC1=O. The number of nitrogens with one attached hydrogen (secondary N) is 1. The summed E-state index contributed by atoms with van der Waals surface area (Å²) >= 11 is 0. The molecule has 0 saturated carbocycles. The number of urea groups is 1. The average molecular weight is 287 g/mol. The van der Waals surface area contributed by atoms with Crippen LogP contribution in [0.3, 0.4) is 0 Å². The molecular weight excluding hydrogens is 262 g/mol. The molecule has 0 spiro atoms. The van der Waals surface area contributed by atoms with E-state index in [1.165, 1.54) is 4.90 Å². The standard InChI is InChI=1S/C13H25N3O4/c1-13(2,3)16-9-10(8-11(16)19)14-12(20)15(4-6-17)5-7-18/h10,17-18H,4-9H2,1-3H3,(H,14,20). The van der Waals surface area contributed by atoms with Crippen LogP contribution in [-0.4, -0.2) is 76.4 Å². The minimum absolute atomic E-state index is 0.0265. The van der Waals surface area contributed by atoms with Crippen molar-refractivity contribution in [1.82, 2.24) is 15.1 Å². The predicted octanol–water partition coefficient (Wildman–Crippen LogP) is -0.618. The Balaban J connectivity index is 2.57. The Morgan fingerprint density at radius 2 is 1.90 bits per heavy atom.